The predicted molar refractivity (Wildman–Crippen MR) is 64.6 cm³/mol. The molecule has 1 aliphatic rings. The molecule has 1 heterocycles. The SMILES string of the molecule is CC(CNC1CCOC(C)(C)C1)S(C)=O. The maximum absolute atomic E-state index is 11.2. The summed E-state index contributed by atoms with van der Waals surface area (Å²) in [6, 6.07) is 0.514. The van der Waals surface area contributed by atoms with Crippen molar-refractivity contribution in [2.45, 2.75) is 50.5 Å². The summed E-state index contributed by atoms with van der Waals surface area (Å²) < 4.78 is 16.8. The molecule has 0 radical (unpaired) electrons. The Labute approximate surface area is 95.4 Å². The molecule has 0 aromatic rings. The first-order valence-electron chi connectivity index (χ1n) is 5.60. The summed E-state index contributed by atoms with van der Waals surface area (Å²) in [5, 5.41) is 3.72. The topological polar surface area (TPSA) is 38.3 Å². The normalized spacial score (nSPS) is 29.7. The van der Waals surface area contributed by atoms with E-state index in [2.05, 4.69) is 19.2 Å². The Kier molecular flexibility index (Phi) is 4.74. The van der Waals surface area contributed by atoms with E-state index in [1.165, 1.54) is 0 Å². The van der Waals surface area contributed by atoms with Gasteiger partial charge >= 0.3 is 0 Å². The Morgan fingerprint density at radius 1 is 1.60 bits per heavy atom. The third-order valence-electron chi connectivity index (χ3n) is 2.96. The molecular formula is C11H23NO2S. The molecule has 3 unspecified atom stereocenters. The quantitative estimate of drug-likeness (QED) is 0.795. The van der Waals surface area contributed by atoms with E-state index in [0.29, 0.717) is 6.04 Å². The van der Waals surface area contributed by atoms with Crippen LogP contribution in [0.3, 0.4) is 0 Å². The summed E-state index contributed by atoms with van der Waals surface area (Å²) in [4.78, 5) is 0. The fourth-order valence-corrected chi connectivity index (χ4v) is 2.19. The maximum Gasteiger partial charge on any atom is 0.0641 e. The summed E-state index contributed by atoms with van der Waals surface area (Å²) >= 11 is 0. The molecule has 4 heteroatoms. The van der Waals surface area contributed by atoms with Gasteiger partial charge in [0.1, 0.15) is 0 Å². The monoisotopic (exact) mass is 233 g/mol. The highest BCUT2D eigenvalue weighted by Gasteiger charge is 2.28. The highest BCUT2D eigenvalue weighted by molar-refractivity contribution is 7.84. The third-order valence-corrected chi connectivity index (χ3v) is 4.26. The van der Waals surface area contributed by atoms with Crippen molar-refractivity contribution >= 4 is 10.8 Å². The minimum absolute atomic E-state index is 0.00940. The smallest absolute Gasteiger partial charge is 0.0641 e. The summed E-state index contributed by atoms with van der Waals surface area (Å²) in [6.45, 7) is 7.94. The number of rotatable bonds is 4. The molecule has 0 saturated carbocycles. The summed E-state index contributed by atoms with van der Waals surface area (Å²) in [6.07, 6.45) is 3.86. The van der Waals surface area contributed by atoms with E-state index >= 15 is 0 Å². The second-order valence-electron chi connectivity index (χ2n) is 5.02. The Balaban J connectivity index is 2.30. The molecule has 1 N–H and O–H groups in total. The van der Waals surface area contributed by atoms with Crippen LogP contribution in [0.4, 0.5) is 0 Å². The highest BCUT2D eigenvalue weighted by Crippen LogP contribution is 2.23. The first kappa shape index (κ1) is 13.1. The van der Waals surface area contributed by atoms with Gasteiger partial charge < -0.3 is 10.1 Å². The van der Waals surface area contributed by atoms with Crippen molar-refractivity contribution < 1.29 is 8.95 Å². The molecule has 0 bridgehead atoms. The van der Waals surface area contributed by atoms with Crippen molar-refractivity contribution in [3.8, 4) is 0 Å². The van der Waals surface area contributed by atoms with Crippen LogP contribution in [-0.2, 0) is 15.5 Å². The van der Waals surface area contributed by atoms with E-state index in [1.807, 2.05) is 6.92 Å². The van der Waals surface area contributed by atoms with E-state index in [9.17, 15) is 4.21 Å². The van der Waals surface area contributed by atoms with Gasteiger partial charge in [-0.15, -0.1) is 0 Å². The zero-order valence-electron chi connectivity index (χ0n) is 10.2. The molecule has 1 aliphatic heterocycles. The molecule has 1 saturated heterocycles. The van der Waals surface area contributed by atoms with Crippen LogP contribution < -0.4 is 5.32 Å². The minimum atomic E-state index is -0.728. The fraction of sp³-hybridized carbons (Fsp3) is 1.00. The molecule has 0 aromatic heterocycles. The molecular weight excluding hydrogens is 210 g/mol. The first-order chi connectivity index (χ1) is 6.91. The second kappa shape index (κ2) is 5.41. The molecule has 90 valence electrons. The van der Waals surface area contributed by atoms with E-state index in [-0.39, 0.29) is 10.9 Å². The summed E-state index contributed by atoms with van der Waals surface area (Å²) in [5.41, 5.74) is -0.00940. The van der Waals surface area contributed by atoms with Crippen molar-refractivity contribution in [2.75, 3.05) is 19.4 Å². The number of hydrogen-bond acceptors (Lipinski definition) is 3. The van der Waals surface area contributed by atoms with Crippen LogP contribution in [0.25, 0.3) is 0 Å². The Bertz CT molecular complexity index is 231. The van der Waals surface area contributed by atoms with Crippen molar-refractivity contribution in [1.82, 2.24) is 5.32 Å². The molecule has 0 amide bonds. The van der Waals surface area contributed by atoms with Crippen LogP contribution in [-0.4, -0.2) is 40.5 Å². The van der Waals surface area contributed by atoms with Gasteiger partial charge in [-0.3, -0.25) is 4.21 Å². The number of ether oxygens (including phenoxy) is 1. The summed E-state index contributed by atoms with van der Waals surface area (Å²) in [5.74, 6) is 0. The fourth-order valence-electron chi connectivity index (χ4n) is 1.86. The maximum atomic E-state index is 11.2. The number of nitrogens with one attached hydrogen (secondary N) is 1. The van der Waals surface area contributed by atoms with Gasteiger partial charge in [0, 0.05) is 41.5 Å². The van der Waals surface area contributed by atoms with Gasteiger partial charge in [-0.05, 0) is 33.6 Å². The predicted octanol–water partition coefficient (Wildman–Crippen LogP) is 1.30. The van der Waals surface area contributed by atoms with Crippen LogP contribution in [0.15, 0.2) is 0 Å². The van der Waals surface area contributed by atoms with Crippen LogP contribution in [0, 0.1) is 0 Å². The molecule has 3 atom stereocenters. The van der Waals surface area contributed by atoms with Crippen molar-refractivity contribution in [1.29, 1.82) is 0 Å². The Morgan fingerprint density at radius 3 is 2.80 bits per heavy atom. The largest absolute Gasteiger partial charge is 0.375 e. The van der Waals surface area contributed by atoms with Crippen molar-refractivity contribution in [3.63, 3.8) is 0 Å². The van der Waals surface area contributed by atoms with Gasteiger partial charge in [-0.1, -0.05) is 0 Å². The zero-order chi connectivity index (χ0) is 11.5. The molecule has 1 rings (SSSR count). The highest BCUT2D eigenvalue weighted by atomic mass is 32.2. The van der Waals surface area contributed by atoms with Gasteiger partial charge in [-0.2, -0.15) is 0 Å². The zero-order valence-corrected chi connectivity index (χ0v) is 11.0. The van der Waals surface area contributed by atoms with Gasteiger partial charge in [0.15, 0.2) is 0 Å². The molecule has 0 spiro atoms. The second-order valence-corrected chi connectivity index (χ2v) is 6.82. The molecule has 1 fully saturated rings. The lowest BCUT2D eigenvalue weighted by atomic mass is 9.94. The minimum Gasteiger partial charge on any atom is -0.375 e. The van der Waals surface area contributed by atoms with Gasteiger partial charge in [0.2, 0.25) is 0 Å². The lowest BCUT2D eigenvalue weighted by Gasteiger charge is -2.36. The Hall–Kier alpha value is 0.0700. The van der Waals surface area contributed by atoms with E-state index in [0.717, 1.165) is 26.0 Å². The van der Waals surface area contributed by atoms with Crippen LogP contribution in [0.2, 0.25) is 0 Å². The lowest BCUT2D eigenvalue weighted by Crippen LogP contribution is -2.45. The molecule has 0 aromatic carbocycles. The third kappa shape index (κ3) is 4.62. The molecule has 3 nitrogen and oxygen atoms in total. The molecule has 15 heavy (non-hydrogen) atoms. The van der Waals surface area contributed by atoms with E-state index in [4.69, 9.17) is 4.74 Å². The standard InChI is InChI=1S/C11H23NO2S/c1-9(15(4)13)8-12-10-5-6-14-11(2,3)7-10/h9-10,12H,5-8H2,1-4H3. The van der Waals surface area contributed by atoms with Gasteiger partial charge in [-0.25, -0.2) is 0 Å². The van der Waals surface area contributed by atoms with E-state index < -0.39 is 10.8 Å². The van der Waals surface area contributed by atoms with Crippen LogP contribution in [0.1, 0.15) is 33.6 Å². The Morgan fingerprint density at radius 2 is 2.27 bits per heavy atom. The average Bonchev–Trinajstić information content (AvgIpc) is 2.12. The first-order valence-corrected chi connectivity index (χ1v) is 7.22. The van der Waals surface area contributed by atoms with Crippen molar-refractivity contribution in [2.24, 2.45) is 0 Å². The van der Waals surface area contributed by atoms with Gasteiger partial charge in [0.25, 0.3) is 0 Å². The van der Waals surface area contributed by atoms with Crippen molar-refractivity contribution in [3.05, 3.63) is 0 Å². The average molecular weight is 233 g/mol. The molecule has 0 aliphatic carbocycles. The van der Waals surface area contributed by atoms with Crippen LogP contribution in [0.5, 0.6) is 0 Å². The van der Waals surface area contributed by atoms with Gasteiger partial charge in [0.05, 0.1) is 5.60 Å². The lowest BCUT2D eigenvalue weighted by molar-refractivity contribution is -0.0627. The summed E-state index contributed by atoms with van der Waals surface area (Å²) in [7, 11) is -0.728. The number of hydrogen-bond donors (Lipinski definition) is 1. The van der Waals surface area contributed by atoms with E-state index in [1.54, 1.807) is 6.26 Å². The van der Waals surface area contributed by atoms with Crippen LogP contribution >= 0.6 is 0 Å².